The molecule has 3 rings (SSSR count). The minimum Gasteiger partial charge on any atom is -0.450 e. The number of ketones is 1. The summed E-state index contributed by atoms with van der Waals surface area (Å²) in [5, 5.41) is 0. The Labute approximate surface area is 118 Å². The van der Waals surface area contributed by atoms with Crippen LogP contribution in [0.5, 0.6) is 5.75 Å². The van der Waals surface area contributed by atoms with Gasteiger partial charge in [0.25, 0.3) is 5.79 Å². The second kappa shape index (κ2) is 5.10. The van der Waals surface area contributed by atoms with Gasteiger partial charge >= 0.3 is 0 Å². The maximum absolute atomic E-state index is 12.6. The molecule has 20 heavy (non-hydrogen) atoms. The first kappa shape index (κ1) is 12.9. The third kappa shape index (κ3) is 2.00. The van der Waals surface area contributed by atoms with Gasteiger partial charge in [0, 0.05) is 24.2 Å². The number of rotatable bonds is 3. The third-order valence-corrected chi connectivity index (χ3v) is 3.45. The van der Waals surface area contributed by atoms with E-state index in [9.17, 15) is 4.79 Å². The lowest BCUT2D eigenvalue weighted by Crippen LogP contribution is -2.48. The van der Waals surface area contributed by atoms with Crippen LogP contribution in [0.3, 0.4) is 0 Å². The molecule has 2 aromatic carbocycles. The average molecular weight is 268 g/mol. The Morgan fingerprint density at radius 2 is 1.80 bits per heavy atom. The Balaban J connectivity index is 2.10. The molecular formula is C17H16O3. The topological polar surface area (TPSA) is 35.5 Å². The molecular weight excluding hydrogens is 252 g/mol. The Morgan fingerprint density at radius 1 is 1.10 bits per heavy atom. The highest BCUT2D eigenvalue weighted by Gasteiger charge is 2.46. The monoisotopic (exact) mass is 268 g/mol. The van der Waals surface area contributed by atoms with Gasteiger partial charge in [-0.05, 0) is 13.0 Å². The van der Waals surface area contributed by atoms with E-state index in [0.717, 1.165) is 11.1 Å². The molecule has 3 heteroatoms. The second-order valence-corrected chi connectivity index (χ2v) is 4.73. The summed E-state index contributed by atoms with van der Waals surface area (Å²) < 4.78 is 11.7. The van der Waals surface area contributed by atoms with Gasteiger partial charge in [0.15, 0.2) is 0 Å². The number of benzene rings is 2. The molecule has 0 N–H and O–H groups in total. The minimum absolute atomic E-state index is 0.0655. The molecule has 0 spiro atoms. The number of para-hydroxylation sites is 1. The average Bonchev–Trinajstić information content (AvgIpc) is 2.49. The van der Waals surface area contributed by atoms with Crippen molar-refractivity contribution in [2.24, 2.45) is 0 Å². The first-order valence-electron chi connectivity index (χ1n) is 6.76. The Hall–Kier alpha value is -2.13. The van der Waals surface area contributed by atoms with Crippen LogP contribution in [0.15, 0.2) is 54.6 Å². The van der Waals surface area contributed by atoms with Crippen LogP contribution in [-0.4, -0.2) is 12.4 Å². The van der Waals surface area contributed by atoms with Crippen molar-refractivity contribution in [2.45, 2.75) is 19.1 Å². The fraction of sp³-hybridized carbons (Fsp3) is 0.235. The largest absolute Gasteiger partial charge is 0.450 e. The van der Waals surface area contributed by atoms with Gasteiger partial charge in [0.2, 0.25) is 5.78 Å². The number of hydrogen-bond donors (Lipinski definition) is 0. The van der Waals surface area contributed by atoms with Gasteiger partial charge in [-0.3, -0.25) is 4.79 Å². The molecule has 0 aliphatic carbocycles. The van der Waals surface area contributed by atoms with Crippen molar-refractivity contribution in [1.82, 2.24) is 0 Å². The SMILES string of the molecule is CCOC1(c2ccccc2)Oc2ccccc2CC1=O. The van der Waals surface area contributed by atoms with E-state index < -0.39 is 5.79 Å². The molecule has 0 fully saturated rings. The molecule has 0 radical (unpaired) electrons. The predicted molar refractivity (Wildman–Crippen MR) is 75.5 cm³/mol. The predicted octanol–water partition coefficient (Wildman–Crippen LogP) is 3.08. The molecule has 1 atom stereocenters. The van der Waals surface area contributed by atoms with Crippen molar-refractivity contribution in [3.8, 4) is 5.75 Å². The Kier molecular flexibility index (Phi) is 3.28. The highest BCUT2D eigenvalue weighted by molar-refractivity contribution is 5.91. The number of carbonyl (C=O) groups is 1. The van der Waals surface area contributed by atoms with E-state index in [-0.39, 0.29) is 5.78 Å². The van der Waals surface area contributed by atoms with Gasteiger partial charge in [-0.1, -0.05) is 48.5 Å². The van der Waals surface area contributed by atoms with Crippen molar-refractivity contribution in [3.05, 3.63) is 65.7 Å². The van der Waals surface area contributed by atoms with E-state index in [1.54, 1.807) is 0 Å². The number of Topliss-reactive ketones (excluding diaryl/α,β-unsaturated/α-hetero) is 1. The van der Waals surface area contributed by atoms with Crippen LogP contribution in [0.1, 0.15) is 18.1 Å². The lowest BCUT2D eigenvalue weighted by molar-refractivity contribution is -0.200. The number of carbonyl (C=O) groups excluding carboxylic acids is 1. The molecule has 1 unspecified atom stereocenters. The quantitative estimate of drug-likeness (QED) is 0.858. The molecule has 1 aliphatic rings. The standard InChI is InChI=1S/C17H16O3/c1-2-19-17(14-9-4-3-5-10-14)16(18)12-13-8-6-7-11-15(13)20-17/h3-11H,2,12H2,1H3. The molecule has 0 saturated carbocycles. The van der Waals surface area contributed by atoms with Crippen LogP contribution in [0.25, 0.3) is 0 Å². The van der Waals surface area contributed by atoms with E-state index in [1.165, 1.54) is 0 Å². The lowest BCUT2D eigenvalue weighted by Gasteiger charge is -2.36. The zero-order valence-electron chi connectivity index (χ0n) is 11.3. The second-order valence-electron chi connectivity index (χ2n) is 4.73. The van der Waals surface area contributed by atoms with Gasteiger partial charge in [-0.25, -0.2) is 0 Å². The van der Waals surface area contributed by atoms with Gasteiger partial charge in [0.1, 0.15) is 5.75 Å². The summed E-state index contributed by atoms with van der Waals surface area (Å²) in [7, 11) is 0. The number of hydrogen-bond acceptors (Lipinski definition) is 3. The maximum Gasteiger partial charge on any atom is 0.298 e. The molecule has 3 nitrogen and oxygen atoms in total. The third-order valence-electron chi connectivity index (χ3n) is 3.45. The normalized spacial score (nSPS) is 21.1. The first-order valence-corrected chi connectivity index (χ1v) is 6.76. The van der Waals surface area contributed by atoms with Crippen LogP contribution >= 0.6 is 0 Å². The first-order chi connectivity index (χ1) is 9.76. The Morgan fingerprint density at radius 3 is 2.55 bits per heavy atom. The zero-order chi connectivity index (χ0) is 14.0. The summed E-state index contributed by atoms with van der Waals surface area (Å²) in [6.07, 6.45) is 0.324. The fourth-order valence-corrected chi connectivity index (χ4v) is 2.52. The van der Waals surface area contributed by atoms with Gasteiger partial charge in [0.05, 0.1) is 0 Å². The van der Waals surface area contributed by atoms with Crippen LogP contribution in [0.2, 0.25) is 0 Å². The smallest absolute Gasteiger partial charge is 0.298 e. The van der Waals surface area contributed by atoms with Gasteiger partial charge in [-0.2, -0.15) is 0 Å². The summed E-state index contributed by atoms with van der Waals surface area (Å²) in [6, 6.07) is 17.0. The van der Waals surface area contributed by atoms with E-state index in [0.29, 0.717) is 18.8 Å². The van der Waals surface area contributed by atoms with E-state index in [4.69, 9.17) is 9.47 Å². The zero-order valence-corrected chi connectivity index (χ0v) is 11.3. The molecule has 0 saturated heterocycles. The van der Waals surface area contributed by atoms with Crippen LogP contribution < -0.4 is 4.74 Å². The molecule has 1 aliphatic heterocycles. The van der Waals surface area contributed by atoms with E-state index in [2.05, 4.69) is 0 Å². The van der Waals surface area contributed by atoms with E-state index in [1.807, 2.05) is 61.5 Å². The molecule has 1 heterocycles. The number of fused-ring (bicyclic) bond motifs is 1. The van der Waals surface area contributed by atoms with Crippen LogP contribution in [0.4, 0.5) is 0 Å². The summed E-state index contributed by atoms with van der Waals surface area (Å²) in [4.78, 5) is 12.6. The van der Waals surface area contributed by atoms with Crippen molar-refractivity contribution in [1.29, 1.82) is 0 Å². The van der Waals surface area contributed by atoms with Crippen molar-refractivity contribution in [3.63, 3.8) is 0 Å². The molecule has 2 aromatic rings. The van der Waals surface area contributed by atoms with Gasteiger partial charge < -0.3 is 9.47 Å². The molecule has 0 bridgehead atoms. The molecule has 0 aromatic heterocycles. The minimum atomic E-state index is -1.32. The summed E-state index contributed by atoms with van der Waals surface area (Å²) in [6.45, 7) is 2.27. The van der Waals surface area contributed by atoms with Gasteiger partial charge in [-0.15, -0.1) is 0 Å². The van der Waals surface area contributed by atoms with Crippen molar-refractivity contribution in [2.75, 3.05) is 6.61 Å². The van der Waals surface area contributed by atoms with Crippen molar-refractivity contribution < 1.29 is 14.3 Å². The van der Waals surface area contributed by atoms with Crippen LogP contribution in [0, 0.1) is 0 Å². The maximum atomic E-state index is 12.6. The highest BCUT2D eigenvalue weighted by atomic mass is 16.7. The van der Waals surface area contributed by atoms with Crippen LogP contribution in [-0.2, 0) is 21.7 Å². The van der Waals surface area contributed by atoms with Crippen molar-refractivity contribution >= 4 is 5.78 Å². The molecule has 0 amide bonds. The Bertz CT molecular complexity index is 621. The highest BCUT2D eigenvalue weighted by Crippen LogP contribution is 2.38. The van der Waals surface area contributed by atoms with E-state index >= 15 is 0 Å². The molecule has 102 valence electrons. The number of ether oxygens (including phenoxy) is 2. The lowest BCUT2D eigenvalue weighted by atomic mass is 9.93. The summed E-state index contributed by atoms with van der Waals surface area (Å²) in [5.41, 5.74) is 1.64. The summed E-state index contributed by atoms with van der Waals surface area (Å²) >= 11 is 0. The fourth-order valence-electron chi connectivity index (χ4n) is 2.52. The summed E-state index contributed by atoms with van der Waals surface area (Å²) in [5.74, 6) is -0.668.